The van der Waals surface area contributed by atoms with Crippen molar-refractivity contribution in [3.8, 4) is 0 Å². The quantitative estimate of drug-likeness (QED) is 0.808. The molecule has 0 spiro atoms. The predicted molar refractivity (Wildman–Crippen MR) is 107 cm³/mol. The zero-order valence-electron chi connectivity index (χ0n) is 16.1. The molecule has 0 radical (unpaired) electrons. The molecule has 1 unspecified atom stereocenters. The van der Waals surface area contributed by atoms with E-state index < -0.39 is 0 Å². The highest BCUT2D eigenvalue weighted by molar-refractivity contribution is 5.96. The second-order valence-corrected chi connectivity index (χ2v) is 7.20. The van der Waals surface area contributed by atoms with Gasteiger partial charge in [0.25, 0.3) is 0 Å². The molecule has 1 heterocycles. The zero-order valence-corrected chi connectivity index (χ0v) is 16.1. The standard InChI is InChI=1S/C22H28FN3O/c1-18(22(27)24(2)21-7-4-3-5-8-21)26-14-6-13-25(15-16-26)17-19-9-11-20(23)12-10-19/h3-5,7-12,18H,6,13-17H2,1-2H3. The van der Waals surface area contributed by atoms with Crippen molar-refractivity contribution in [3.63, 3.8) is 0 Å². The molecule has 1 saturated heterocycles. The Balaban J connectivity index is 1.56. The molecule has 1 aliphatic heterocycles. The Bertz CT molecular complexity index is 735. The molecule has 144 valence electrons. The minimum Gasteiger partial charge on any atom is -0.314 e. The van der Waals surface area contributed by atoms with Crippen molar-refractivity contribution < 1.29 is 9.18 Å². The monoisotopic (exact) mass is 369 g/mol. The topological polar surface area (TPSA) is 26.8 Å². The second kappa shape index (κ2) is 9.11. The van der Waals surface area contributed by atoms with Crippen LogP contribution in [0.1, 0.15) is 18.9 Å². The van der Waals surface area contributed by atoms with Crippen LogP contribution >= 0.6 is 0 Å². The van der Waals surface area contributed by atoms with E-state index in [-0.39, 0.29) is 17.8 Å². The van der Waals surface area contributed by atoms with Crippen LogP contribution in [0.4, 0.5) is 10.1 Å². The number of benzene rings is 2. The molecule has 4 nitrogen and oxygen atoms in total. The fraction of sp³-hybridized carbons (Fsp3) is 0.409. The van der Waals surface area contributed by atoms with Gasteiger partial charge in [-0.05, 0) is 49.7 Å². The first-order valence-electron chi connectivity index (χ1n) is 9.58. The lowest BCUT2D eigenvalue weighted by molar-refractivity contribution is -0.122. The van der Waals surface area contributed by atoms with Crippen LogP contribution < -0.4 is 4.90 Å². The van der Waals surface area contributed by atoms with Gasteiger partial charge in [0.15, 0.2) is 0 Å². The third-order valence-corrected chi connectivity index (χ3v) is 5.32. The molecule has 1 atom stereocenters. The highest BCUT2D eigenvalue weighted by Crippen LogP contribution is 2.16. The maximum atomic E-state index is 13.1. The van der Waals surface area contributed by atoms with Gasteiger partial charge in [-0.3, -0.25) is 14.6 Å². The fourth-order valence-corrected chi connectivity index (χ4v) is 3.60. The van der Waals surface area contributed by atoms with Gasteiger partial charge in [0.1, 0.15) is 5.82 Å². The van der Waals surface area contributed by atoms with E-state index in [1.165, 1.54) is 12.1 Å². The van der Waals surface area contributed by atoms with Gasteiger partial charge in [-0.15, -0.1) is 0 Å². The van der Waals surface area contributed by atoms with Gasteiger partial charge in [0.2, 0.25) is 5.91 Å². The van der Waals surface area contributed by atoms with Crippen molar-refractivity contribution in [2.45, 2.75) is 25.9 Å². The third-order valence-electron chi connectivity index (χ3n) is 5.32. The minimum absolute atomic E-state index is 0.119. The number of hydrogen-bond acceptors (Lipinski definition) is 3. The summed E-state index contributed by atoms with van der Waals surface area (Å²) in [5, 5.41) is 0. The Hall–Kier alpha value is -2.24. The molecule has 3 rings (SSSR count). The SMILES string of the molecule is CC(C(=O)N(C)c1ccccc1)N1CCCN(Cc2ccc(F)cc2)CC1. The van der Waals surface area contributed by atoms with E-state index in [0.29, 0.717) is 0 Å². The van der Waals surface area contributed by atoms with Crippen LogP contribution in [0.2, 0.25) is 0 Å². The van der Waals surface area contributed by atoms with Crippen molar-refractivity contribution >= 4 is 11.6 Å². The molecule has 0 N–H and O–H groups in total. The van der Waals surface area contributed by atoms with E-state index in [2.05, 4.69) is 9.80 Å². The van der Waals surface area contributed by atoms with Crippen LogP contribution in [0.3, 0.4) is 0 Å². The fourth-order valence-electron chi connectivity index (χ4n) is 3.60. The summed E-state index contributed by atoms with van der Waals surface area (Å²) < 4.78 is 13.1. The molecular formula is C22H28FN3O. The Kier molecular flexibility index (Phi) is 6.58. The third kappa shape index (κ3) is 5.15. The van der Waals surface area contributed by atoms with E-state index >= 15 is 0 Å². The molecule has 0 aromatic heterocycles. The summed E-state index contributed by atoms with van der Waals surface area (Å²) in [5.41, 5.74) is 2.04. The van der Waals surface area contributed by atoms with Crippen LogP contribution in [0.25, 0.3) is 0 Å². The normalized spacial score (nSPS) is 17.3. The van der Waals surface area contributed by atoms with Crippen LogP contribution in [-0.2, 0) is 11.3 Å². The average molecular weight is 369 g/mol. The number of likely N-dealkylation sites (N-methyl/N-ethyl adjacent to an activating group) is 1. The Morgan fingerprint density at radius 2 is 1.74 bits per heavy atom. The first-order valence-corrected chi connectivity index (χ1v) is 9.58. The van der Waals surface area contributed by atoms with Gasteiger partial charge < -0.3 is 4.90 Å². The van der Waals surface area contributed by atoms with Gasteiger partial charge in [-0.1, -0.05) is 30.3 Å². The van der Waals surface area contributed by atoms with E-state index in [9.17, 15) is 9.18 Å². The Labute approximate surface area is 161 Å². The van der Waals surface area contributed by atoms with Crippen molar-refractivity contribution in [1.82, 2.24) is 9.80 Å². The van der Waals surface area contributed by atoms with Crippen LogP contribution in [0, 0.1) is 5.82 Å². The van der Waals surface area contributed by atoms with Crippen LogP contribution in [0.15, 0.2) is 54.6 Å². The lowest BCUT2D eigenvalue weighted by Crippen LogP contribution is -2.47. The average Bonchev–Trinajstić information content (AvgIpc) is 2.94. The summed E-state index contributed by atoms with van der Waals surface area (Å²) in [6.07, 6.45) is 1.02. The number of anilines is 1. The number of halogens is 1. The summed E-state index contributed by atoms with van der Waals surface area (Å²) in [6, 6.07) is 16.3. The number of hydrogen-bond donors (Lipinski definition) is 0. The number of nitrogens with zero attached hydrogens (tertiary/aromatic N) is 3. The summed E-state index contributed by atoms with van der Waals surface area (Å²) in [5.74, 6) is -0.0798. The summed E-state index contributed by atoms with van der Waals surface area (Å²) in [4.78, 5) is 19.3. The molecule has 1 aliphatic rings. The minimum atomic E-state index is -0.198. The molecular weight excluding hydrogens is 341 g/mol. The summed E-state index contributed by atoms with van der Waals surface area (Å²) >= 11 is 0. The van der Waals surface area contributed by atoms with Gasteiger partial charge in [0.05, 0.1) is 6.04 Å². The maximum absolute atomic E-state index is 13.1. The van der Waals surface area contributed by atoms with E-state index in [1.807, 2.05) is 56.4 Å². The number of para-hydroxylation sites is 1. The lowest BCUT2D eigenvalue weighted by atomic mass is 10.2. The lowest BCUT2D eigenvalue weighted by Gasteiger charge is -2.30. The first kappa shape index (κ1) is 19.5. The molecule has 0 aliphatic carbocycles. The van der Waals surface area contributed by atoms with Crippen LogP contribution in [-0.4, -0.2) is 55.0 Å². The number of amides is 1. The predicted octanol–water partition coefficient (Wildman–Crippen LogP) is 3.38. The summed E-state index contributed by atoms with van der Waals surface area (Å²) in [7, 11) is 1.84. The number of rotatable bonds is 5. The smallest absolute Gasteiger partial charge is 0.243 e. The first-order chi connectivity index (χ1) is 13.0. The van der Waals surface area contributed by atoms with Crippen LogP contribution in [0.5, 0.6) is 0 Å². The zero-order chi connectivity index (χ0) is 19.2. The van der Waals surface area contributed by atoms with Crippen molar-refractivity contribution in [1.29, 1.82) is 0 Å². The van der Waals surface area contributed by atoms with Gasteiger partial charge >= 0.3 is 0 Å². The Morgan fingerprint density at radius 1 is 1.04 bits per heavy atom. The molecule has 1 amide bonds. The molecule has 5 heteroatoms. The van der Waals surface area contributed by atoms with Gasteiger partial charge in [-0.2, -0.15) is 0 Å². The molecule has 0 saturated carbocycles. The second-order valence-electron chi connectivity index (χ2n) is 7.20. The highest BCUT2D eigenvalue weighted by atomic mass is 19.1. The largest absolute Gasteiger partial charge is 0.314 e. The summed E-state index contributed by atoms with van der Waals surface area (Å²) in [6.45, 7) is 6.48. The molecule has 1 fully saturated rings. The Morgan fingerprint density at radius 3 is 2.44 bits per heavy atom. The number of carbonyl (C=O) groups is 1. The molecule has 2 aromatic carbocycles. The van der Waals surface area contributed by atoms with E-state index in [0.717, 1.165) is 50.4 Å². The van der Waals surface area contributed by atoms with E-state index in [4.69, 9.17) is 0 Å². The van der Waals surface area contributed by atoms with Crippen molar-refractivity contribution in [3.05, 3.63) is 66.0 Å². The van der Waals surface area contributed by atoms with Gasteiger partial charge in [-0.25, -0.2) is 4.39 Å². The highest BCUT2D eigenvalue weighted by Gasteiger charge is 2.26. The maximum Gasteiger partial charge on any atom is 0.243 e. The van der Waals surface area contributed by atoms with Crippen molar-refractivity contribution in [2.75, 3.05) is 38.1 Å². The van der Waals surface area contributed by atoms with Gasteiger partial charge in [0, 0.05) is 38.9 Å². The molecule has 2 aromatic rings. The number of carbonyl (C=O) groups excluding carboxylic acids is 1. The van der Waals surface area contributed by atoms with E-state index in [1.54, 1.807) is 4.90 Å². The molecule has 0 bridgehead atoms. The van der Waals surface area contributed by atoms with Crippen molar-refractivity contribution in [2.24, 2.45) is 0 Å². The molecule has 27 heavy (non-hydrogen) atoms.